The highest BCUT2D eigenvalue weighted by Crippen LogP contribution is 2.60. The summed E-state index contributed by atoms with van der Waals surface area (Å²) in [6, 6.07) is -0.101. The molecule has 1 atom stereocenters. The van der Waals surface area contributed by atoms with E-state index in [0.29, 0.717) is 0 Å². The highest BCUT2D eigenvalue weighted by molar-refractivity contribution is 5.83. The summed E-state index contributed by atoms with van der Waals surface area (Å²) in [7, 11) is 0. The maximum absolute atomic E-state index is 12.4. The van der Waals surface area contributed by atoms with Gasteiger partial charge in [-0.25, -0.2) is 0 Å². The van der Waals surface area contributed by atoms with Crippen molar-refractivity contribution in [1.29, 1.82) is 0 Å². The summed E-state index contributed by atoms with van der Waals surface area (Å²) in [5.74, 6) is 2.63. The van der Waals surface area contributed by atoms with Gasteiger partial charge in [0, 0.05) is 11.5 Å². The van der Waals surface area contributed by atoms with Crippen LogP contribution in [0.15, 0.2) is 0 Å². The first-order valence-electron chi connectivity index (χ1n) is 7.03. The topological polar surface area (TPSA) is 49.3 Å². The summed E-state index contributed by atoms with van der Waals surface area (Å²) in [5, 5.41) is 12.0. The predicted octanol–water partition coefficient (Wildman–Crippen LogP) is 1.70. The first kappa shape index (κ1) is 11.5. The third kappa shape index (κ3) is 1.88. The lowest BCUT2D eigenvalue weighted by Gasteiger charge is -2.55. The van der Waals surface area contributed by atoms with Gasteiger partial charge in [0.05, 0.1) is 6.61 Å². The van der Waals surface area contributed by atoms with Crippen molar-refractivity contribution in [1.82, 2.24) is 5.32 Å². The lowest BCUT2D eigenvalue weighted by molar-refractivity contribution is -0.147. The lowest BCUT2D eigenvalue weighted by atomic mass is 9.49. The average Bonchev–Trinajstić information content (AvgIpc) is 2.26. The summed E-state index contributed by atoms with van der Waals surface area (Å²) < 4.78 is 0. The van der Waals surface area contributed by atoms with E-state index < -0.39 is 0 Å². The van der Waals surface area contributed by atoms with Gasteiger partial charge in [-0.1, -0.05) is 0 Å². The van der Waals surface area contributed by atoms with Crippen molar-refractivity contribution in [2.24, 2.45) is 23.2 Å². The smallest absolute Gasteiger partial charge is 0.226 e. The maximum Gasteiger partial charge on any atom is 0.226 e. The Morgan fingerprint density at radius 3 is 2.12 bits per heavy atom. The van der Waals surface area contributed by atoms with Crippen LogP contribution in [0.1, 0.15) is 45.4 Å². The first-order chi connectivity index (χ1) is 8.11. The molecule has 0 aromatic rings. The molecule has 1 amide bonds. The molecule has 0 aromatic carbocycles. The monoisotopic (exact) mass is 237 g/mol. The van der Waals surface area contributed by atoms with Crippen molar-refractivity contribution in [2.45, 2.75) is 51.5 Å². The van der Waals surface area contributed by atoms with E-state index >= 15 is 0 Å². The molecule has 4 saturated carbocycles. The molecule has 0 aliphatic heterocycles. The van der Waals surface area contributed by atoms with Crippen LogP contribution in [0.4, 0.5) is 0 Å². The summed E-state index contributed by atoms with van der Waals surface area (Å²) >= 11 is 0. The molecular weight excluding hydrogens is 214 g/mol. The fraction of sp³-hybridized carbons (Fsp3) is 0.929. The van der Waals surface area contributed by atoms with Crippen molar-refractivity contribution >= 4 is 5.91 Å². The van der Waals surface area contributed by atoms with E-state index in [1.165, 1.54) is 19.3 Å². The number of rotatable bonds is 3. The van der Waals surface area contributed by atoms with E-state index in [1.807, 2.05) is 6.92 Å². The van der Waals surface area contributed by atoms with Crippen LogP contribution in [0.5, 0.6) is 0 Å². The van der Waals surface area contributed by atoms with E-state index in [4.69, 9.17) is 5.11 Å². The van der Waals surface area contributed by atoms with Crippen molar-refractivity contribution in [3.05, 3.63) is 0 Å². The van der Waals surface area contributed by atoms with Crippen molar-refractivity contribution < 1.29 is 9.90 Å². The molecule has 0 heterocycles. The van der Waals surface area contributed by atoms with Crippen LogP contribution in [0.25, 0.3) is 0 Å². The van der Waals surface area contributed by atoms with E-state index in [1.54, 1.807) is 0 Å². The third-order valence-corrected chi connectivity index (χ3v) is 5.17. The molecule has 3 heteroatoms. The van der Waals surface area contributed by atoms with Gasteiger partial charge < -0.3 is 10.4 Å². The Hall–Kier alpha value is -0.570. The van der Waals surface area contributed by atoms with Crippen LogP contribution in [0, 0.1) is 23.2 Å². The first-order valence-corrected chi connectivity index (χ1v) is 7.03. The SMILES string of the molecule is C[C@H](CO)NC(=O)C12CC3CC(CC(C3)C1)C2. The van der Waals surface area contributed by atoms with Gasteiger partial charge in [-0.15, -0.1) is 0 Å². The van der Waals surface area contributed by atoms with Crippen LogP contribution in [0.2, 0.25) is 0 Å². The standard InChI is InChI=1S/C14H23NO2/c1-9(8-16)15-13(17)14-5-10-2-11(6-14)4-12(3-10)7-14/h9-12,16H,2-8H2,1H3,(H,15,17)/t9-,10?,11?,12?,14?/m1/s1. The Morgan fingerprint density at radius 2 is 1.71 bits per heavy atom. The molecule has 0 radical (unpaired) electrons. The number of hydrogen-bond acceptors (Lipinski definition) is 2. The molecule has 0 spiro atoms. The highest BCUT2D eigenvalue weighted by Gasteiger charge is 2.54. The second-order valence-corrected chi connectivity index (χ2v) is 6.75. The molecule has 2 N–H and O–H groups in total. The van der Waals surface area contributed by atoms with Crippen LogP contribution in [-0.4, -0.2) is 23.7 Å². The Morgan fingerprint density at radius 1 is 1.24 bits per heavy atom. The lowest BCUT2D eigenvalue weighted by Crippen LogP contribution is -2.55. The molecule has 4 fully saturated rings. The minimum Gasteiger partial charge on any atom is -0.394 e. The number of nitrogens with one attached hydrogen (secondary N) is 1. The number of aliphatic hydroxyl groups is 1. The van der Waals surface area contributed by atoms with Crippen molar-refractivity contribution in [2.75, 3.05) is 6.61 Å². The second-order valence-electron chi connectivity index (χ2n) is 6.75. The Bertz CT molecular complexity index is 291. The van der Waals surface area contributed by atoms with Gasteiger partial charge >= 0.3 is 0 Å². The molecule has 0 saturated heterocycles. The van der Waals surface area contributed by atoms with E-state index in [2.05, 4.69) is 5.32 Å². The molecular formula is C14H23NO2. The van der Waals surface area contributed by atoms with Gasteiger partial charge in [-0.2, -0.15) is 0 Å². The number of carbonyl (C=O) groups is 1. The van der Waals surface area contributed by atoms with Crippen LogP contribution < -0.4 is 5.32 Å². The minimum atomic E-state index is -0.101. The minimum absolute atomic E-state index is 0.0398. The van der Waals surface area contributed by atoms with Gasteiger partial charge in [0.25, 0.3) is 0 Å². The number of amides is 1. The molecule has 17 heavy (non-hydrogen) atoms. The molecule has 4 aliphatic carbocycles. The zero-order valence-electron chi connectivity index (χ0n) is 10.6. The van der Waals surface area contributed by atoms with Crippen molar-refractivity contribution in [3.63, 3.8) is 0 Å². The number of carbonyl (C=O) groups excluding carboxylic acids is 1. The Labute approximate surface area is 103 Å². The van der Waals surface area contributed by atoms with Gasteiger partial charge in [0.15, 0.2) is 0 Å². The molecule has 0 aromatic heterocycles. The zero-order valence-corrected chi connectivity index (χ0v) is 10.6. The van der Waals surface area contributed by atoms with E-state index in [-0.39, 0.29) is 24.0 Å². The fourth-order valence-electron chi connectivity index (χ4n) is 4.81. The average molecular weight is 237 g/mol. The quantitative estimate of drug-likeness (QED) is 0.785. The Kier molecular flexibility index (Phi) is 2.69. The van der Waals surface area contributed by atoms with Crippen LogP contribution in [-0.2, 0) is 4.79 Å². The van der Waals surface area contributed by atoms with E-state index in [0.717, 1.165) is 37.0 Å². The zero-order chi connectivity index (χ0) is 12.0. The third-order valence-electron chi connectivity index (χ3n) is 5.17. The molecule has 4 aliphatic rings. The molecule has 96 valence electrons. The van der Waals surface area contributed by atoms with Crippen molar-refractivity contribution in [3.8, 4) is 0 Å². The molecule has 4 bridgehead atoms. The van der Waals surface area contributed by atoms with Gasteiger partial charge in [0.1, 0.15) is 0 Å². The van der Waals surface area contributed by atoms with Gasteiger partial charge in [-0.3, -0.25) is 4.79 Å². The van der Waals surface area contributed by atoms with Crippen LogP contribution in [0.3, 0.4) is 0 Å². The summed E-state index contributed by atoms with van der Waals surface area (Å²) in [6.07, 6.45) is 7.39. The van der Waals surface area contributed by atoms with Crippen LogP contribution >= 0.6 is 0 Å². The summed E-state index contributed by atoms with van der Waals surface area (Å²) in [5.41, 5.74) is -0.0713. The highest BCUT2D eigenvalue weighted by atomic mass is 16.3. The number of aliphatic hydroxyl groups excluding tert-OH is 1. The molecule has 4 rings (SSSR count). The molecule has 3 nitrogen and oxygen atoms in total. The normalized spacial score (nSPS) is 44.7. The number of hydrogen-bond donors (Lipinski definition) is 2. The Balaban J connectivity index is 1.75. The second kappa shape index (κ2) is 3.98. The predicted molar refractivity (Wildman–Crippen MR) is 65.3 cm³/mol. The molecule has 0 unspecified atom stereocenters. The van der Waals surface area contributed by atoms with Gasteiger partial charge in [-0.05, 0) is 63.2 Å². The largest absolute Gasteiger partial charge is 0.394 e. The van der Waals surface area contributed by atoms with E-state index in [9.17, 15) is 4.79 Å². The fourth-order valence-corrected chi connectivity index (χ4v) is 4.81. The maximum atomic E-state index is 12.4. The summed E-state index contributed by atoms with van der Waals surface area (Å²) in [4.78, 5) is 12.4. The van der Waals surface area contributed by atoms with Gasteiger partial charge in [0.2, 0.25) is 5.91 Å². The summed E-state index contributed by atoms with van der Waals surface area (Å²) in [6.45, 7) is 1.91.